The van der Waals surface area contributed by atoms with Crippen molar-refractivity contribution in [2.45, 2.75) is 38.0 Å². The van der Waals surface area contributed by atoms with Gasteiger partial charge < -0.3 is 19.4 Å². The summed E-state index contributed by atoms with van der Waals surface area (Å²) in [6.07, 6.45) is 3.99. The van der Waals surface area contributed by atoms with E-state index in [2.05, 4.69) is 20.5 Å². The number of benzene rings is 3. The minimum atomic E-state index is -0.488. The number of rotatable bonds is 6. The Hall–Kier alpha value is -3.59. The van der Waals surface area contributed by atoms with E-state index in [0.29, 0.717) is 34.1 Å². The van der Waals surface area contributed by atoms with E-state index in [1.807, 2.05) is 49.5 Å². The van der Waals surface area contributed by atoms with Crippen molar-refractivity contribution < 1.29 is 13.9 Å². The zero-order chi connectivity index (χ0) is 25.5. The summed E-state index contributed by atoms with van der Waals surface area (Å²) in [6, 6.07) is 16.6. The first-order valence-corrected chi connectivity index (χ1v) is 12.6. The third-order valence-electron chi connectivity index (χ3n) is 6.94. The van der Waals surface area contributed by atoms with Crippen molar-refractivity contribution in [2.24, 2.45) is 7.05 Å². The van der Waals surface area contributed by atoms with Crippen molar-refractivity contribution in [3.8, 4) is 34.0 Å². The predicted octanol–water partition coefficient (Wildman–Crippen LogP) is 5.75. The molecule has 0 bridgehead atoms. The Morgan fingerprint density at radius 1 is 1.14 bits per heavy atom. The number of aliphatic hydroxyl groups excluding tert-OH is 1. The highest BCUT2D eigenvalue weighted by Crippen LogP contribution is 2.42. The van der Waals surface area contributed by atoms with Gasteiger partial charge in [-0.05, 0) is 54.2 Å². The molecule has 6 rings (SSSR count). The smallest absolute Gasteiger partial charge is 0.231 e. The lowest BCUT2D eigenvalue weighted by molar-refractivity contribution is 0.148. The lowest BCUT2D eigenvalue weighted by Gasteiger charge is -2.16. The van der Waals surface area contributed by atoms with Crippen molar-refractivity contribution in [1.29, 1.82) is 0 Å². The van der Waals surface area contributed by atoms with Crippen LogP contribution in [0.2, 0.25) is 5.02 Å². The van der Waals surface area contributed by atoms with Gasteiger partial charge in [0, 0.05) is 25.2 Å². The molecule has 0 aliphatic heterocycles. The molecule has 9 heteroatoms. The second-order valence-electron chi connectivity index (χ2n) is 9.41. The summed E-state index contributed by atoms with van der Waals surface area (Å²) in [5, 5.41) is 22.2. The Kier molecular flexibility index (Phi) is 6.24. The number of nitrogens with one attached hydrogen (secondary N) is 1. The van der Waals surface area contributed by atoms with E-state index < -0.39 is 5.82 Å². The van der Waals surface area contributed by atoms with Crippen LogP contribution in [0.15, 0.2) is 65.3 Å². The molecular weight excluding hydrogens is 493 g/mol. The van der Waals surface area contributed by atoms with E-state index in [-0.39, 0.29) is 23.6 Å². The van der Waals surface area contributed by atoms with Gasteiger partial charge in [0.05, 0.1) is 16.7 Å². The lowest BCUT2D eigenvalue weighted by atomic mass is 9.94. The molecule has 1 aliphatic carbocycles. The fraction of sp³-hybridized carbons (Fsp3) is 0.250. The highest BCUT2D eigenvalue weighted by molar-refractivity contribution is 6.34. The monoisotopic (exact) mass is 517 g/mol. The maximum Gasteiger partial charge on any atom is 0.231 e. The quantitative estimate of drug-likeness (QED) is 0.298. The fourth-order valence-corrected chi connectivity index (χ4v) is 5.34. The molecule has 1 aliphatic rings. The molecule has 0 radical (unpaired) electrons. The van der Waals surface area contributed by atoms with Gasteiger partial charge in [0.2, 0.25) is 5.89 Å². The molecule has 37 heavy (non-hydrogen) atoms. The number of aryl methyl sites for hydroxylation is 1. The highest BCUT2D eigenvalue weighted by atomic mass is 35.5. The number of halogens is 2. The van der Waals surface area contributed by atoms with Gasteiger partial charge in [-0.25, -0.2) is 9.37 Å². The van der Waals surface area contributed by atoms with Crippen LogP contribution in [0, 0.1) is 5.82 Å². The van der Waals surface area contributed by atoms with E-state index in [4.69, 9.17) is 16.0 Å². The van der Waals surface area contributed by atoms with Crippen LogP contribution >= 0.6 is 11.6 Å². The van der Waals surface area contributed by atoms with Crippen LogP contribution < -0.4 is 5.32 Å². The molecule has 1 unspecified atom stereocenters. The maximum absolute atomic E-state index is 15.6. The van der Waals surface area contributed by atoms with Gasteiger partial charge >= 0.3 is 0 Å². The van der Waals surface area contributed by atoms with Crippen LogP contribution in [0.3, 0.4) is 0 Å². The normalized spacial score (nSPS) is 17.6. The standard InChI is InChI=1S/C28H25ClFN5O2/c1-35-15-32-34-27(35)24-18(17-6-3-2-4-7-17)10-11-20(30)25(24)28-33-22-13-16(12-19(29)26(22)37-28)14-31-21-8-5-9-23(21)36/h2-4,6-7,10-13,15,21,23,31,36H,5,8-9,14H2,1H3/t21?,23-/m1/s1. The van der Waals surface area contributed by atoms with Crippen molar-refractivity contribution in [1.82, 2.24) is 25.1 Å². The fourth-order valence-electron chi connectivity index (χ4n) is 5.07. The van der Waals surface area contributed by atoms with E-state index in [1.54, 1.807) is 17.0 Å². The van der Waals surface area contributed by atoms with Crippen LogP contribution in [0.5, 0.6) is 0 Å². The summed E-state index contributed by atoms with van der Waals surface area (Å²) in [5.74, 6) is 0.112. The number of fused-ring (bicyclic) bond motifs is 1. The molecule has 2 aromatic heterocycles. The third kappa shape index (κ3) is 4.41. The molecule has 0 amide bonds. The number of oxazole rings is 1. The second kappa shape index (κ2) is 9.70. The summed E-state index contributed by atoms with van der Waals surface area (Å²) in [6.45, 7) is 0.529. The number of aromatic nitrogens is 4. The highest BCUT2D eigenvalue weighted by Gasteiger charge is 2.27. The Balaban J connectivity index is 1.47. The topological polar surface area (TPSA) is 89.0 Å². The largest absolute Gasteiger partial charge is 0.434 e. The first kappa shape index (κ1) is 23.8. The number of hydrogen-bond donors (Lipinski definition) is 2. The Labute approximate surface area is 217 Å². The van der Waals surface area contributed by atoms with E-state index in [9.17, 15) is 5.11 Å². The van der Waals surface area contributed by atoms with Crippen molar-refractivity contribution in [2.75, 3.05) is 0 Å². The molecule has 3 aromatic carbocycles. The maximum atomic E-state index is 15.6. The zero-order valence-electron chi connectivity index (χ0n) is 20.2. The zero-order valence-corrected chi connectivity index (χ0v) is 20.9. The Morgan fingerprint density at radius 2 is 1.97 bits per heavy atom. The average molecular weight is 518 g/mol. The molecule has 2 atom stereocenters. The van der Waals surface area contributed by atoms with Crippen LogP contribution in [-0.2, 0) is 13.6 Å². The number of hydrogen-bond acceptors (Lipinski definition) is 6. The van der Waals surface area contributed by atoms with Crippen molar-refractivity contribution in [3.05, 3.63) is 77.3 Å². The predicted molar refractivity (Wildman–Crippen MR) is 140 cm³/mol. The van der Waals surface area contributed by atoms with Crippen molar-refractivity contribution >= 4 is 22.7 Å². The Bertz CT molecular complexity index is 1580. The minimum absolute atomic E-state index is 0.0612. The van der Waals surface area contributed by atoms with E-state index in [1.165, 1.54) is 6.07 Å². The summed E-state index contributed by atoms with van der Waals surface area (Å²) in [5.41, 5.74) is 4.22. The number of nitrogens with zero attached hydrogens (tertiary/aromatic N) is 4. The van der Waals surface area contributed by atoms with Gasteiger partial charge in [-0.2, -0.15) is 0 Å². The molecule has 0 spiro atoms. The van der Waals surface area contributed by atoms with E-state index in [0.717, 1.165) is 36.0 Å². The molecule has 1 saturated carbocycles. The number of aliphatic hydroxyl groups is 1. The molecule has 7 nitrogen and oxygen atoms in total. The molecule has 5 aromatic rings. The van der Waals surface area contributed by atoms with Crippen molar-refractivity contribution in [3.63, 3.8) is 0 Å². The van der Waals surface area contributed by atoms with Gasteiger partial charge in [0.25, 0.3) is 0 Å². The minimum Gasteiger partial charge on any atom is -0.434 e. The summed E-state index contributed by atoms with van der Waals surface area (Å²) in [4.78, 5) is 4.67. The first-order chi connectivity index (χ1) is 18.0. The summed E-state index contributed by atoms with van der Waals surface area (Å²) in [7, 11) is 1.81. The molecule has 188 valence electrons. The molecule has 1 fully saturated rings. The molecule has 2 N–H and O–H groups in total. The van der Waals surface area contributed by atoms with Crippen LogP contribution in [0.1, 0.15) is 24.8 Å². The second-order valence-corrected chi connectivity index (χ2v) is 9.81. The molecule has 2 heterocycles. The molecule has 0 saturated heterocycles. The van der Waals surface area contributed by atoms with Gasteiger partial charge in [-0.15, -0.1) is 10.2 Å². The van der Waals surface area contributed by atoms with Crippen LogP contribution in [-0.4, -0.2) is 37.0 Å². The van der Waals surface area contributed by atoms with Gasteiger partial charge in [-0.3, -0.25) is 0 Å². The van der Waals surface area contributed by atoms with Crippen LogP contribution in [0.4, 0.5) is 4.39 Å². The average Bonchev–Trinajstić information content (AvgIpc) is 3.63. The Morgan fingerprint density at radius 3 is 2.70 bits per heavy atom. The van der Waals surface area contributed by atoms with Gasteiger partial charge in [0.15, 0.2) is 11.4 Å². The van der Waals surface area contributed by atoms with Gasteiger partial charge in [-0.1, -0.05) is 48.0 Å². The first-order valence-electron chi connectivity index (χ1n) is 12.2. The summed E-state index contributed by atoms with van der Waals surface area (Å²) >= 11 is 6.59. The van der Waals surface area contributed by atoms with Gasteiger partial charge in [0.1, 0.15) is 17.7 Å². The lowest BCUT2D eigenvalue weighted by Crippen LogP contribution is -2.35. The SMILES string of the molecule is Cn1cnnc1-c1c(-c2ccccc2)ccc(F)c1-c1nc2cc(CNC3CCC[C@H]3O)cc(Cl)c2o1. The summed E-state index contributed by atoms with van der Waals surface area (Å²) < 4.78 is 23.4. The molecular formula is C28H25ClFN5O2. The van der Waals surface area contributed by atoms with Crippen LogP contribution in [0.25, 0.3) is 45.1 Å². The third-order valence-corrected chi connectivity index (χ3v) is 7.22. The van der Waals surface area contributed by atoms with E-state index >= 15 is 4.39 Å².